The SMILES string of the molecule is COCCOCCOCCOC(=O)N1/C(=C2\C(=O)c3ccccc3N2C(=O)OCCOCCOCCOC)C(=O)c2ccccc21. The van der Waals surface area contributed by atoms with E-state index in [1.54, 1.807) is 50.6 Å². The van der Waals surface area contributed by atoms with Crippen molar-refractivity contribution in [2.45, 2.75) is 0 Å². The zero-order chi connectivity index (χ0) is 32.7. The number of ketones is 2. The van der Waals surface area contributed by atoms with Gasteiger partial charge in [-0.1, -0.05) is 24.3 Å². The number of hydrogen-bond acceptors (Lipinski definition) is 12. The summed E-state index contributed by atoms with van der Waals surface area (Å²) < 4.78 is 42.3. The van der Waals surface area contributed by atoms with E-state index in [0.717, 1.165) is 9.80 Å². The largest absolute Gasteiger partial charge is 0.446 e. The van der Waals surface area contributed by atoms with Crippen LogP contribution in [0.4, 0.5) is 21.0 Å². The van der Waals surface area contributed by atoms with Gasteiger partial charge in [-0.25, -0.2) is 19.4 Å². The lowest BCUT2D eigenvalue weighted by Crippen LogP contribution is -2.37. The third kappa shape index (κ3) is 8.54. The van der Waals surface area contributed by atoms with E-state index >= 15 is 0 Å². The van der Waals surface area contributed by atoms with Crippen LogP contribution in [0.5, 0.6) is 0 Å². The van der Waals surface area contributed by atoms with E-state index in [-0.39, 0.29) is 73.5 Å². The molecule has 0 N–H and O–H groups in total. The topological polar surface area (TPSA) is 149 Å². The summed E-state index contributed by atoms with van der Waals surface area (Å²) in [5.74, 6) is -1.24. The average molecular weight is 643 g/mol. The smallest absolute Gasteiger partial charge is 0.419 e. The lowest BCUT2D eigenvalue weighted by atomic mass is 10.1. The van der Waals surface area contributed by atoms with Crippen LogP contribution in [0.25, 0.3) is 0 Å². The first-order chi connectivity index (χ1) is 22.5. The Hall–Kier alpha value is -4.18. The van der Waals surface area contributed by atoms with Crippen LogP contribution in [0.2, 0.25) is 0 Å². The Kier molecular flexibility index (Phi) is 13.6. The summed E-state index contributed by atoms with van der Waals surface area (Å²) in [6, 6.07) is 12.7. The Bertz CT molecular complexity index is 1290. The third-order valence-electron chi connectivity index (χ3n) is 6.76. The van der Waals surface area contributed by atoms with Crippen LogP contribution < -0.4 is 9.80 Å². The first-order valence-corrected chi connectivity index (χ1v) is 14.8. The summed E-state index contributed by atoms with van der Waals surface area (Å²) in [5, 5.41) is 0. The lowest BCUT2D eigenvalue weighted by Gasteiger charge is -2.23. The van der Waals surface area contributed by atoms with Crippen molar-refractivity contribution >= 4 is 35.1 Å². The molecule has 4 rings (SSSR count). The number of amides is 2. The van der Waals surface area contributed by atoms with Gasteiger partial charge in [0, 0.05) is 25.3 Å². The molecule has 2 aromatic rings. The van der Waals surface area contributed by atoms with Crippen LogP contribution in [-0.4, -0.2) is 117 Å². The summed E-state index contributed by atoms with van der Waals surface area (Å²) in [7, 11) is 3.16. The minimum absolute atomic E-state index is 0.0683. The molecule has 2 aliphatic rings. The zero-order valence-electron chi connectivity index (χ0n) is 25.9. The van der Waals surface area contributed by atoms with Crippen LogP contribution >= 0.6 is 0 Å². The molecule has 0 aliphatic carbocycles. The molecule has 14 nitrogen and oxygen atoms in total. The Labute approximate surface area is 266 Å². The van der Waals surface area contributed by atoms with Crippen molar-refractivity contribution in [3.05, 3.63) is 71.1 Å². The molecule has 248 valence electrons. The first kappa shape index (κ1) is 34.7. The van der Waals surface area contributed by atoms with Crippen molar-refractivity contribution in [3.63, 3.8) is 0 Å². The molecular weight excluding hydrogens is 604 g/mol. The Morgan fingerprint density at radius 1 is 0.500 bits per heavy atom. The molecule has 0 saturated heterocycles. The highest BCUT2D eigenvalue weighted by molar-refractivity contribution is 6.33. The maximum absolute atomic E-state index is 13.8. The number of anilines is 2. The number of Topliss-reactive ketones (excluding diaryl/α,β-unsaturated/α-hetero) is 2. The van der Waals surface area contributed by atoms with Gasteiger partial charge in [0.25, 0.3) is 0 Å². The van der Waals surface area contributed by atoms with Gasteiger partial charge in [-0.05, 0) is 24.3 Å². The summed E-state index contributed by atoms with van der Waals surface area (Å²) in [5.41, 5.74) is 0.132. The van der Waals surface area contributed by atoms with Crippen LogP contribution in [-0.2, 0) is 37.9 Å². The second-order valence-electron chi connectivity index (χ2n) is 9.72. The van der Waals surface area contributed by atoms with Gasteiger partial charge >= 0.3 is 12.2 Å². The van der Waals surface area contributed by atoms with E-state index in [4.69, 9.17) is 37.9 Å². The summed E-state index contributed by atoms with van der Waals surface area (Å²) in [6.07, 6.45) is -1.84. The molecule has 0 bridgehead atoms. The molecule has 0 fully saturated rings. The quantitative estimate of drug-likeness (QED) is 0.174. The molecule has 2 aromatic carbocycles. The maximum Gasteiger partial charge on any atom is 0.419 e. The minimum Gasteiger partial charge on any atom is -0.446 e. The molecule has 2 aliphatic heterocycles. The number of methoxy groups -OCH3 is 2. The van der Waals surface area contributed by atoms with Crippen molar-refractivity contribution in [1.82, 2.24) is 0 Å². The highest BCUT2D eigenvalue weighted by atomic mass is 16.6. The van der Waals surface area contributed by atoms with Crippen LogP contribution in [0.15, 0.2) is 59.9 Å². The number of rotatable bonds is 18. The maximum atomic E-state index is 13.8. The normalized spacial score (nSPS) is 15.3. The number of para-hydroxylation sites is 2. The van der Waals surface area contributed by atoms with Gasteiger partial charge in [0.05, 0.1) is 77.4 Å². The third-order valence-corrected chi connectivity index (χ3v) is 6.76. The minimum atomic E-state index is -0.918. The van der Waals surface area contributed by atoms with Crippen LogP contribution in [0.3, 0.4) is 0 Å². The van der Waals surface area contributed by atoms with Gasteiger partial charge in [-0.2, -0.15) is 0 Å². The number of nitrogens with zero attached hydrogens (tertiary/aromatic N) is 2. The predicted octanol–water partition coefficient (Wildman–Crippen LogP) is 3.24. The molecule has 14 heteroatoms. The van der Waals surface area contributed by atoms with Gasteiger partial charge in [-0.3, -0.25) is 9.59 Å². The van der Waals surface area contributed by atoms with Crippen LogP contribution in [0, 0.1) is 0 Å². The van der Waals surface area contributed by atoms with E-state index in [1.807, 2.05) is 0 Å². The van der Waals surface area contributed by atoms with E-state index in [1.165, 1.54) is 12.1 Å². The fourth-order valence-electron chi connectivity index (χ4n) is 4.66. The fraction of sp³-hybridized carbons (Fsp3) is 0.438. The molecule has 2 amide bonds. The standard InChI is InChI=1S/C32H38N2O12/c1-39-11-13-41-15-17-43-19-21-45-31(37)33-25-9-5-3-7-23(25)29(35)27(33)28-30(36)24-8-4-6-10-26(24)34(28)32(38)46-22-20-44-18-16-42-14-12-40-2/h3-10H,11-22H2,1-2H3/b28-27+. The van der Waals surface area contributed by atoms with Crippen molar-refractivity contribution in [2.24, 2.45) is 0 Å². The average Bonchev–Trinajstić information content (AvgIpc) is 3.53. The second-order valence-corrected chi connectivity index (χ2v) is 9.72. The van der Waals surface area contributed by atoms with Crippen molar-refractivity contribution in [2.75, 3.05) is 103 Å². The number of carbonyl (C=O) groups is 4. The number of hydrogen-bond donors (Lipinski definition) is 0. The van der Waals surface area contributed by atoms with Gasteiger partial charge in [0.2, 0.25) is 11.6 Å². The molecule has 0 unspecified atom stereocenters. The highest BCUT2D eigenvalue weighted by Gasteiger charge is 2.47. The molecule has 2 heterocycles. The summed E-state index contributed by atoms with van der Waals surface area (Å²) in [6.45, 7) is 2.89. The second kappa shape index (κ2) is 18.1. The predicted molar refractivity (Wildman–Crippen MR) is 163 cm³/mol. The van der Waals surface area contributed by atoms with Gasteiger partial charge < -0.3 is 37.9 Å². The number of fused-ring (bicyclic) bond motifs is 2. The highest BCUT2D eigenvalue weighted by Crippen LogP contribution is 2.43. The van der Waals surface area contributed by atoms with Crippen molar-refractivity contribution < 1.29 is 57.1 Å². The van der Waals surface area contributed by atoms with Crippen molar-refractivity contribution in [3.8, 4) is 0 Å². The number of carbonyl (C=O) groups excluding carboxylic acids is 4. The molecular formula is C32H38N2O12. The van der Waals surface area contributed by atoms with Gasteiger partial charge in [0.1, 0.15) is 24.6 Å². The first-order valence-electron chi connectivity index (χ1n) is 14.8. The number of benzene rings is 2. The van der Waals surface area contributed by atoms with E-state index in [0.29, 0.717) is 39.6 Å². The number of ether oxygens (including phenoxy) is 8. The molecule has 46 heavy (non-hydrogen) atoms. The Balaban J connectivity index is 1.49. The molecule has 0 spiro atoms. The number of allylic oxidation sites excluding steroid dienone is 2. The molecule has 0 atom stereocenters. The van der Waals surface area contributed by atoms with E-state index in [9.17, 15) is 19.2 Å². The fourth-order valence-corrected chi connectivity index (χ4v) is 4.66. The van der Waals surface area contributed by atoms with Gasteiger partial charge in [0.15, 0.2) is 0 Å². The van der Waals surface area contributed by atoms with E-state index < -0.39 is 23.8 Å². The Morgan fingerprint density at radius 2 is 0.826 bits per heavy atom. The Morgan fingerprint density at radius 3 is 1.20 bits per heavy atom. The van der Waals surface area contributed by atoms with E-state index in [2.05, 4.69) is 0 Å². The molecule has 0 saturated carbocycles. The van der Waals surface area contributed by atoms with Gasteiger partial charge in [-0.15, -0.1) is 0 Å². The van der Waals surface area contributed by atoms with Crippen LogP contribution in [0.1, 0.15) is 20.7 Å². The summed E-state index contributed by atoms with van der Waals surface area (Å²) >= 11 is 0. The monoisotopic (exact) mass is 642 g/mol. The molecule has 0 aromatic heterocycles. The lowest BCUT2D eigenvalue weighted by molar-refractivity contribution is 0.0136. The zero-order valence-corrected chi connectivity index (χ0v) is 25.9. The summed E-state index contributed by atoms with van der Waals surface area (Å²) in [4.78, 5) is 56.6. The van der Waals surface area contributed by atoms with Crippen molar-refractivity contribution in [1.29, 1.82) is 0 Å². The molecule has 0 radical (unpaired) electrons.